The fraction of sp³-hybridized carbons (Fsp3) is 0.368. The van der Waals surface area contributed by atoms with Gasteiger partial charge in [-0.2, -0.15) is 0 Å². The van der Waals surface area contributed by atoms with Gasteiger partial charge < -0.3 is 14.2 Å². The van der Waals surface area contributed by atoms with Crippen LogP contribution in [0.1, 0.15) is 23.8 Å². The zero-order valence-electron chi connectivity index (χ0n) is 14.2. The maximum Gasteiger partial charge on any atom is 0.250 e. The van der Waals surface area contributed by atoms with Crippen LogP contribution in [0.2, 0.25) is 5.02 Å². The molecule has 0 spiro atoms. The smallest absolute Gasteiger partial charge is 0.250 e. The van der Waals surface area contributed by atoms with Gasteiger partial charge in [0.25, 0.3) is 5.56 Å². The van der Waals surface area contributed by atoms with E-state index >= 15 is 0 Å². The van der Waals surface area contributed by atoms with E-state index in [1.807, 2.05) is 42.2 Å². The monoisotopic (exact) mass is 360 g/mol. The van der Waals surface area contributed by atoms with Gasteiger partial charge in [-0.1, -0.05) is 29.8 Å². The molecule has 132 valence electrons. The topological polar surface area (TPSA) is 51.5 Å². The molecule has 6 heteroatoms. The third-order valence-corrected chi connectivity index (χ3v) is 4.73. The summed E-state index contributed by atoms with van der Waals surface area (Å²) >= 11 is 5.92. The van der Waals surface area contributed by atoms with Crippen LogP contribution in [0.15, 0.2) is 47.3 Å². The number of hydrogen-bond acceptors (Lipinski definition) is 3. The van der Waals surface area contributed by atoms with Crippen molar-refractivity contribution in [3.05, 3.63) is 69.1 Å². The van der Waals surface area contributed by atoms with Crippen LogP contribution in [0, 0.1) is 6.92 Å². The average Bonchev–Trinajstić information content (AvgIpc) is 2.62. The number of morpholine rings is 1. The fourth-order valence-corrected chi connectivity index (χ4v) is 3.16. The number of halogens is 1. The standard InChI is InChI=1S/C19H21ClN2O3/c1-14-3-2-4-19(24)22(14)10-9-18(23)21-11-12-25-17(13-21)15-5-7-16(20)8-6-15/h2-8,17H,9-13H2,1H3/t17-/m1/s1. The van der Waals surface area contributed by atoms with Crippen molar-refractivity contribution in [2.75, 3.05) is 19.7 Å². The van der Waals surface area contributed by atoms with E-state index < -0.39 is 0 Å². The summed E-state index contributed by atoms with van der Waals surface area (Å²) in [6.07, 6.45) is 0.161. The molecule has 1 saturated heterocycles. The summed E-state index contributed by atoms with van der Waals surface area (Å²) in [5, 5.41) is 0.677. The highest BCUT2D eigenvalue weighted by atomic mass is 35.5. The maximum absolute atomic E-state index is 12.6. The summed E-state index contributed by atoms with van der Waals surface area (Å²) in [7, 11) is 0. The number of ether oxygens (including phenoxy) is 1. The number of carbonyl (C=O) groups is 1. The van der Waals surface area contributed by atoms with Crippen LogP contribution in [0.5, 0.6) is 0 Å². The Balaban J connectivity index is 1.62. The third-order valence-electron chi connectivity index (χ3n) is 4.48. The molecular weight excluding hydrogens is 340 g/mol. The zero-order chi connectivity index (χ0) is 17.8. The Morgan fingerprint density at radius 2 is 2.00 bits per heavy atom. The number of pyridine rings is 1. The summed E-state index contributed by atoms with van der Waals surface area (Å²) in [6, 6.07) is 12.6. The molecule has 1 atom stereocenters. The number of carbonyl (C=O) groups excluding carboxylic acids is 1. The molecule has 5 nitrogen and oxygen atoms in total. The van der Waals surface area contributed by atoms with Gasteiger partial charge in [-0.05, 0) is 30.7 Å². The van der Waals surface area contributed by atoms with Crippen LogP contribution in [-0.4, -0.2) is 35.1 Å². The molecule has 0 N–H and O–H groups in total. The second kappa shape index (κ2) is 7.85. The molecule has 1 aliphatic heterocycles. The van der Waals surface area contributed by atoms with Gasteiger partial charge in [0.1, 0.15) is 6.10 Å². The lowest BCUT2D eigenvalue weighted by Crippen LogP contribution is -2.42. The highest BCUT2D eigenvalue weighted by Gasteiger charge is 2.25. The minimum absolute atomic E-state index is 0.0393. The Hall–Kier alpha value is -2.11. The van der Waals surface area contributed by atoms with Crippen molar-refractivity contribution < 1.29 is 9.53 Å². The first-order valence-corrected chi connectivity index (χ1v) is 8.73. The SMILES string of the molecule is Cc1cccc(=O)n1CCC(=O)N1CCO[C@@H](c2ccc(Cl)cc2)C1. The first-order valence-electron chi connectivity index (χ1n) is 8.36. The number of aryl methyl sites for hydroxylation is 1. The van der Waals surface area contributed by atoms with E-state index in [1.165, 1.54) is 6.07 Å². The number of aromatic nitrogens is 1. The van der Waals surface area contributed by atoms with Gasteiger partial charge in [0.05, 0.1) is 13.2 Å². The van der Waals surface area contributed by atoms with Crippen LogP contribution >= 0.6 is 11.6 Å². The fourth-order valence-electron chi connectivity index (χ4n) is 3.03. The van der Waals surface area contributed by atoms with E-state index in [1.54, 1.807) is 10.6 Å². The van der Waals surface area contributed by atoms with Crippen molar-refractivity contribution in [2.24, 2.45) is 0 Å². The predicted octanol–water partition coefficient (Wildman–Crippen LogP) is 2.80. The molecule has 1 aromatic heterocycles. The van der Waals surface area contributed by atoms with Gasteiger partial charge >= 0.3 is 0 Å². The van der Waals surface area contributed by atoms with E-state index in [0.717, 1.165) is 11.3 Å². The van der Waals surface area contributed by atoms with Crippen LogP contribution in [0.3, 0.4) is 0 Å². The zero-order valence-corrected chi connectivity index (χ0v) is 14.9. The number of nitrogens with zero attached hydrogens (tertiary/aromatic N) is 2. The van der Waals surface area contributed by atoms with Crippen molar-refractivity contribution in [1.82, 2.24) is 9.47 Å². The van der Waals surface area contributed by atoms with E-state index in [9.17, 15) is 9.59 Å². The van der Waals surface area contributed by atoms with E-state index in [4.69, 9.17) is 16.3 Å². The van der Waals surface area contributed by atoms with Gasteiger partial charge in [-0.25, -0.2) is 0 Å². The molecule has 0 aliphatic carbocycles. The van der Waals surface area contributed by atoms with E-state index in [2.05, 4.69) is 0 Å². The Kier molecular flexibility index (Phi) is 5.56. The predicted molar refractivity (Wildman–Crippen MR) is 96.8 cm³/mol. The lowest BCUT2D eigenvalue weighted by molar-refractivity contribution is -0.139. The molecule has 1 fully saturated rings. The van der Waals surface area contributed by atoms with E-state index in [0.29, 0.717) is 37.7 Å². The highest BCUT2D eigenvalue weighted by Crippen LogP contribution is 2.24. The summed E-state index contributed by atoms with van der Waals surface area (Å²) in [5.74, 6) is 0.0393. The molecule has 2 heterocycles. The van der Waals surface area contributed by atoms with Gasteiger partial charge in [0.15, 0.2) is 0 Å². The largest absolute Gasteiger partial charge is 0.370 e. The molecule has 2 aromatic rings. The van der Waals surface area contributed by atoms with Gasteiger partial charge in [0, 0.05) is 36.3 Å². The molecule has 3 rings (SSSR count). The number of amides is 1. The molecule has 25 heavy (non-hydrogen) atoms. The minimum atomic E-state index is -0.142. The maximum atomic E-state index is 12.6. The highest BCUT2D eigenvalue weighted by molar-refractivity contribution is 6.30. The van der Waals surface area contributed by atoms with Crippen molar-refractivity contribution in [1.29, 1.82) is 0 Å². The Morgan fingerprint density at radius 1 is 1.24 bits per heavy atom. The van der Waals surface area contributed by atoms with Crippen molar-refractivity contribution >= 4 is 17.5 Å². The average molecular weight is 361 g/mol. The molecule has 0 radical (unpaired) electrons. The Labute approximate surface area is 151 Å². The molecule has 1 aromatic carbocycles. The number of hydrogen-bond donors (Lipinski definition) is 0. The van der Waals surface area contributed by atoms with Crippen molar-refractivity contribution in [3.8, 4) is 0 Å². The third kappa shape index (κ3) is 4.30. The first-order chi connectivity index (χ1) is 12.0. The number of rotatable bonds is 4. The van der Waals surface area contributed by atoms with E-state index in [-0.39, 0.29) is 17.6 Å². The molecule has 1 aliphatic rings. The van der Waals surface area contributed by atoms with Crippen LogP contribution in [0.25, 0.3) is 0 Å². The van der Waals surface area contributed by atoms with Crippen LogP contribution in [-0.2, 0) is 16.1 Å². The Bertz CT molecular complexity index is 801. The summed E-state index contributed by atoms with van der Waals surface area (Å²) in [6.45, 7) is 3.86. The quantitative estimate of drug-likeness (QED) is 0.842. The summed E-state index contributed by atoms with van der Waals surface area (Å²) < 4.78 is 7.43. The van der Waals surface area contributed by atoms with Crippen molar-refractivity contribution in [3.63, 3.8) is 0 Å². The van der Waals surface area contributed by atoms with Crippen molar-refractivity contribution in [2.45, 2.75) is 26.0 Å². The molecule has 0 saturated carbocycles. The van der Waals surface area contributed by atoms with Gasteiger partial charge in [0.2, 0.25) is 5.91 Å². The second-order valence-electron chi connectivity index (χ2n) is 6.16. The van der Waals surface area contributed by atoms with Gasteiger partial charge in [-0.15, -0.1) is 0 Å². The molecule has 0 unspecified atom stereocenters. The van der Waals surface area contributed by atoms with Gasteiger partial charge in [-0.3, -0.25) is 9.59 Å². The van der Waals surface area contributed by atoms with Crippen LogP contribution in [0.4, 0.5) is 0 Å². The lowest BCUT2D eigenvalue weighted by Gasteiger charge is -2.33. The molecule has 1 amide bonds. The summed E-state index contributed by atoms with van der Waals surface area (Å²) in [5.41, 5.74) is 1.80. The Morgan fingerprint density at radius 3 is 2.72 bits per heavy atom. The first kappa shape index (κ1) is 17.7. The normalized spacial score (nSPS) is 17.5. The lowest BCUT2D eigenvalue weighted by atomic mass is 10.1. The van der Waals surface area contributed by atoms with Crippen LogP contribution < -0.4 is 5.56 Å². The minimum Gasteiger partial charge on any atom is -0.370 e. The molecule has 0 bridgehead atoms. The second-order valence-corrected chi connectivity index (χ2v) is 6.59. The number of benzene rings is 1. The molecular formula is C19H21ClN2O3. The summed E-state index contributed by atoms with van der Waals surface area (Å²) in [4.78, 5) is 26.3.